The van der Waals surface area contributed by atoms with Crippen LogP contribution in [0.2, 0.25) is 0 Å². The van der Waals surface area contributed by atoms with Crippen LogP contribution in [0.4, 0.5) is 0 Å². The van der Waals surface area contributed by atoms with E-state index in [0.29, 0.717) is 13.2 Å². The smallest absolute Gasteiger partial charge is 0.263 e. The number of rotatable bonds is 3. The predicted octanol–water partition coefficient (Wildman–Crippen LogP) is 3.57. The molecule has 0 aromatic rings. The quantitative estimate of drug-likeness (QED) is 0.794. The fourth-order valence-corrected chi connectivity index (χ4v) is 4.74. The molecule has 19 heavy (non-hydrogen) atoms. The van der Waals surface area contributed by atoms with Gasteiger partial charge in [0, 0.05) is 13.2 Å². The molecule has 4 heteroatoms. The lowest BCUT2D eigenvalue weighted by Gasteiger charge is -2.29. The first kappa shape index (κ1) is 13.6. The standard InChI is InChI=1S/C15H23NO2S/c17-14-15(8-10-18-11-9-15)19-13(16-14)7-6-12-4-2-1-3-5-12/h12H,1-11H2. The molecule has 0 radical (unpaired) electrons. The molecule has 1 saturated heterocycles. The summed E-state index contributed by atoms with van der Waals surface area (Å²) >= 11 is 1.75. The molecular weight excluding hydrogens is 258 g/mol. The van der Waals surface area contributed by atoms with Crippen LogP contribution in [0.15, 0.2) is 4.99 Å². The highest BCUT2D eigenvalue weighted by Crippen LogP contribution is 2.43. The largest absolute Gasteiger partial charge is 0.381 e. The van der Waals surface area contributed by atoms with Gasteiger partial charge in [0.15, 0.2) is 0 Å². The maximum Gasteiger partial charge on any atom is 0.263 e. The average Bonchev–Trinajstić information content (AvgIpc) is 2.75. The van der Waals surface area contributed by atoms with Gasteiger partial charge in [-0.05, 0) is 31.6 Å². The van der Waals surface area contributed by atoms with Crippen LogP contribution in [-0.2, 0) is 9.53 Å². The van der Waals surface area contributed by atoms with Crippen LogP contribution in [-0.4, -0.2) is 28.9 Å². The van der Waals surface area contributed by atoms with E-state index in [9.17, 15) is 4.79 Å². The minimum absolute atomic E-state index is 0.111. The third-order valence-corrected chi connectivity index (χ3v) is 6.23. The van der Waals surface area contributed by atoms with Crippen LogP contribution < -0.4 is 0 Å². The minimum atomic E-state index is -0.250. The van der Waals surface area contributed by atoms with Crippen molar-refractivity contribution in [1.82, 2.24) is 0 Å². The zero-order chi connectivity index (χ0) is 13.1. The zero-order valence-corrected chi connectivity index (χ0v) is 12.3. The molecule has 3 rings (SSSR count). The summed E-state index contributed by atoms with van der Waals surface area (Å²) in [5, 5.41) is 1.09. The lowest BCUT2D eigenvalue weighted by Crippen LogP contribution is -2.37. The van der Waals surface area contributed by atoms with Crippen molar-refractivity contribution >= 4 is 22.7 Å². The van der Waals surface area contributed by atoms with Gasteiger partial charge in [-0.15, -0.1) is 0 Å². The topological polar surface area (TPSA) is 38.7 Å². The SMILES string of the molecule is O=C1N=C(CCC2CCCCC2)SC12CCOCC2. The normalized spacial score (nSPS) is 27.8. The summed E-state index contributed by atoms with van der Waals surface area (Å²) in [5.41, 5.74) is 0. The monoisotopic (exact) mass is 281 g/mol. The van der Waals surface area contributed by atoms with E-state index >= 15 is 0 Å². The lowest BCUT2D eigenvalue weighted by atomic mass is 9.86. The van der Waals surface area contributed by atoms with Crippen molar-refractivity contribution in [3.8, 4) is 0 Å². The molecule has 106 valence electrons. The van der Waals surface area contributed by atoms with Gasteiger partial charge in [0.1, 0.15) is 4.75 Å². The predicted molar refractivity (Wildman–Crippen MR) is 78.6 cm³/mol. The maximum atomic E-state index is 12.1. The van der Waals surface area contributed by atoms with Crippen LogP contribution in [0.25, 0.3) is 0 Å². The summed E-state index contributed by atoms with van der Waals surface area (Å²) in [6.45, 7) is 1.42. The molecule has 0 atom stereocenters. The molecule has 0 N–H and O–H groups in total. The number of hydrogen-bond acceptors (Lipinski definition) is 3. The van der Waals surface area contributed by atoms with Crippen LogP contribution in [0.1, 0.15) is 57.8 Å². The Morgan fingerprint density at radius 1 is 1.21 bits per heavy atom. The minimum Gasteiger partial charge on any atom is -0.381 e. The second-order valence-corrected chi connectivity index (χ2v) is 7.52. The van der Waals surface area contributed by atoms with Crippen molar-refractivity contribution in [2.75, 3.05) is 13.2 Å². The fraction of sp³-hybridized carbons (Fsp3) is 0.867. The zero-order valence-electron chi connectivity index (χ0n) is 11.5. The third kappa shape index (κ3) is 3.05. The first-order chi connectivity index (χ1) is 9.28. The first-order valence-corrected chi connectivity index (χ1v) is 8.49. The first-order valence-electron chi connectivity index (χ1n) is 7.67. The van der Waals surface area contributed by atoms with E-state index in [1.165, 1.54) is 38.5 Å². The Balaban J connectivity index is 1.52. The molecule has 0 aromatic heterocycles. The Labute approximate surface area is 119 Å². The highest BCUT2D eigenvalue weighted by molar-refractivity contribution is 8.16. The average molecular weight is 281 g/mol. The van der Waals surface area contributed by atoms with Gasteiger partial charge in [-0.1, -0.05) is 43.9 Å². The van der Waals surface area contributed by atoms with Gasteiger partial charge >= 0.3 is 0 Å². The summed E-state index contributed by atoms with van der Waals surface area (Å²) in [7, 11) is 0. The Bertz CT molecular complexity index is 368. The number of carbonyl (C=O) groups excluding carboxylic acids is 1. The van der Waals surface area contributed by atoms with Gasteiger partial charge in [0.25, 0.3) is 5.91 Å². The van der Waals surface area contributed by atoms with Crippen molar-refractivity contribution in [3.05, 3.63) is 0 Å². The van der Waals surface area contributed by atoms with Crippen LogP contribution in [0.3, 0.4) is 0 Å². The summed E-state index contributed by atoms with van der Waals surface area (Å²) in [5.74, 6) is 0.984. The van der Waals surface area contributed by atoms with E-state index in [1.54, 1.807) is 11.8 Å². The molecule has 0 unspecified atom stereocenters. The highest BCUT2D eigenvalue weighted by atomic mass is 32.2. The van der Waals surface area contributed by atoms with Crippen LogP contribution in [0, 0.1) is 5.92 Å². The van der Waals surface area contributed by atoms with Crippen molar-refractivity contribution in [3.63, 3.8) is 0 Å². The van der Waals surface area contributed by atoms with Gasteiger partial charge in [-0.25, -0.2) is 4.99 Å². The van der Waals surface area contributed by atoms with Gasteiger partial charge in [-0.2, -0.15) is 0 Å². The summed E-state index contributed by atoms with van der Waals surface area (Å²) < 4.78 is 5.13. The summed E-state index contributed by atoms with van der Waals surface area (Å²) in [4.78, 5) is 16.5. The van der Waals surface area contributed by atoms with Gasteiger partial charge < -0.3 is 4.74 Å². The third-order valence-electron chi connectivity index (χ3n) is 4.72. The van der Waals surface area contributed by atoms with E-state index in [2.05, 4.69) is 4.99 Å². The Kier molecular flexibility index (Phi) is 4.27. The Morgan fingerprint density at radius 2 is 1.95 bits per heavy atom. The van der Waals surface area contributed by atoms with Crippen LogP contribution in [0.5, 0.6) is 0 Å². The van der Waals surface area contributed by atoms with Gasteiger partial charge in [0.2, 0.25) is 0 Å². The second kappa shape index (κ2) is 5.96. The van der Waals surface area contributed by atoms with Crippen molar-refractivity contribution in [1.29, 1.82) is 0 Å². The van der Waals surface area contributed by atoms with E-state index in [4.69, 9.17) is 4.74 Å². The molecule has 2 heterocycles. The molecule has 1 aliphatic carbocycles. The van der Waals surface area contributed by atoms with Crippen molar-refractivity contribution < 1.29 is 9.53 Å². The Hall–Kier alpha value is -0.350. The molecule has 2 aliphatic heterocycles. The number of hydrogen-bond donors (Lipinski definition) is 0. The van der Waals surface area contributed by atoms with E-state index in [-0.39, 0.29) is 10.7 Å². The number of ether oxygens (including phenoxy) is 1. The van der Waals surface area contributed by atoms with E-state index in [1.807, 2.05) is 0 Å². The van der Waals surface area contributed by atoms with Gasteiger partial charge in [-0.3, -0.25) is 4.79 Å². The summed E-state index contributed by atoms with van der Waals surface area (Å²) in [6, 6.07) is 0. The van der Waals surface area contributed by atoms with E-state index in [0.717, 1.165) is 30.2 Å². The molecule has 2 fully saturated rings. The fourth-order valence-electron chi connectivity index (χ4n) is 3.43. The molecule has 1 amide bonds. The number of aliphatic imine (C=N–C) groups is 1. The van der Waals surface area contributed by atoms with E-state index < -0.39 is 0 Å². The number of carbonyl (C=O) groups is 1. The second-order valence-electron chi connectivity index (χ2n) is 6.06. The number of thioether (sulfide) groups is 1. The number of nitrogens with zero attached hydrogens (tertiary/aromatic N) is 1. The molecular formula is C15H23NO2S. The molecule has 0 bridgehead atoms. The van der Waals surface area contributed by atoms with Crippen LogP contribution >= 0.6 is 11.8 Å². The number of amides is 1. The van der Waals surface area contributed by atoms with Crippen molar-refractivity contribution in [2.45, 2.75) is 62.5 Å². The molecule has 0 aromatic carbocycles. The molecule has 3 aliphatic rings. The molecule has 1 saturated carbocycles. The molecule has 3 nitrogen and oxygen atoms in total. The highest BCUT2D eigenvalue weighted by Gasteiger charge is 2.45. The maximum absolute atomic E-state index is 12.1. The summed E-state index contributed by atoms with van der Waals surface area (Å²) in [6.07, 6.45) is 10.9. The van der Waals surface area contributed by atoms with Gasteiger partial charge in [0.05, 0.1) is 5.04 Å². The van der Waals surface area contributed by atoms with Crippen molar-refractivity contribution in [2.24, 2.45) is 10.9 Å². The lowest BCUT2D eigenvalue weighted by molar-refractivity contribution is -0.122. The Morgan fingerprint density at radius 3 is 2.68 bits per heavy atom. The molecule has 1 spiro atoms.